The minimum atomic E-state index is 0.0338. The number of hydrogen-bond acceptors (Lipinski definition) is 2. The van der Waals surface area contributed by atoms with Gasteiger partial charge in [0.05, 0.1) is 10.9 Å². The van der Waals surface area contributed by atoms with Gasteiger partial charge in [-0.2, -0.15) is 0 Å². The SMILES string of the molecule is O=c1c2ccccc2nc2n1C=CCC2. The lowest BCUT2D eigenvalue weighted by Crippen LogP contribution is -2.22. The highest BCUT2D eigenvalue weighted by molar-refractivity contribution is 5.77. The minimum Gasteiger partial charge on any atom is -0.271 e. The molecule has 0 fully saturated rings. The van der Waals surface area contributed by atoms with Gasteiger partial charge in [0.25, 0.3) is 5.56 Å². The Morgan fingerprint density at radius 3 is 3.07 bits per heavy atom. The molecule has 0 atom stereocenters. The summed E-state index contributed by atoms with van der Waals surface area (Å²) in [5.74, 6) is 0.862. The fourth-order valence-corrected chi connectivity index (χ4v) is 1.91. The summed E-state index contributed by atoms with van der Waals surface area (Å²) in [5, 5.41) is 0.688. The molecule has 0 amide bonds. The normalized spacial score (nSPS) is 14.1. The molecule has 74 valence electrons. The van der Waals surface area contributed by atoms with Gasteiger partial charge < -0.3 is 0 Å². The topological polar surface area (TPSA) is 34.9 Å². The first-order valence-corrected chi connectivity index (χ1v) is 5.03. The smallest absolute Gasteiger partial charge is 0.265 e. The van der Waals surface area contributed by atoms with Crippen LogP contribution in [0.25, 0.3) is 17.1 Å². The molecule has 2 heterocycles. The molecular formula is C12H10N2O. The Hall–Kier alpha value is -1.90. The van der Waals surface area contributed by atoms with Crippen molar-refractivity contribution in [3.8, 4) is 0 Å². The third kappa shape index (κ3) is 1.20. The maximum absolute atomic E-state index is 12.0. The summed E-state index contributed by atoms with van der Waals surface area (Å²) in [4.78, 5) is 16.5. The second kappa shape index (κ2) is 3.05. The second-order valence-corrected chi connectivity index (χ2v) is 3.64. The lowest BCUT2D eigenvalue weighted by atomic mass is 10.2. The molecule has 0 saturated carbocycles. The zero-order chi connectivity index (χ0) is 10.3. The Balaban J connectivity index is 2.48. The Kier molecular flexibility index (Phi) is 1.71. The molecule has 0 bridgehead atoms. The van der Waals surface area contributed by atoms with Gasteiger partial charge in [0, 0.05) is 12.6 Å². The number of rotatable bonds is 0. The summed E-state index contributed by atoms with van der Waals surface area (Å²) in [7, 11) is 0. The summed E-state index contributed by atoms with van der Waals surface area (Å²) in [5.41, 5.74) is 0.829. The predicted molar refractivity (Wildman–Crippen MR) is 59.7 cm³/mol. The lowest BCUT2D eigenvalue weighted by Gasteiger charge is -2.12. The van der Waals surface area contributed by atoms with Crippen LogP contribution in [-0.4, -0.2) is 9.55 Å². The van der Waals surface area contributed by atoms with Crippen molar-refractivity contribution in [2.24, 2.45) is 0 Å². The molecule has 0 aliphatic carbocycles. The van der Waals surface area contributed by atoms with Crippen LogP contribution in [0.3, 0.4) is 0 Å². The van der Waals surface area contributed by atoms with E-state index in [-0.39, 0.29) is 5.56 Å². The first-order valence-electron chi connectivity index (χ1n) is 5.03. The molecule has 0 unspecified atom stereocenters. The molecule has 3 rings (SSSR count). The Labute approximate surface area is 86.7 Å². The highest BCUT2D eigenvalue weighted by Gasteiger charge is 2.10. The summed E-state index contributed by atoms with van der Waals surface area (Å²) < 4.78 is 1.64. The van der Waals surface area contributed by atoms with E-state index in [1.54, 1.807) is 4.57 Å². The van der Waals surface area contributed by atoms with E-state index in [0.717, 1.165) is 24.2 Å². The van der Waals surface area contributed by atoms with Crippen LogP contribution in [-0.2, 0) is 6.42 Å². The van der Waals surface area contributed by atoms with Crippen molar-refractivity contribution in [1.82, 2.24) is 9.55 Å². The van der Waals surface area contributed by atoms with Crippen molar-refractivity contribution >= 4 is 17.1 Å². The molecule has 15 heavy (non-hydrogen) atoms. The summed E-state index contributed by atoms with van der Waals surface area (Å²) in [6, 6.07) is 7.48. The number of aryl methyl sites for hydroxylation is 1. The number of allylic oxidation sites excluding steroid dienone is 1. The Morgan fingerprint density at radius 2 is 2.13 bits per heavy atom. The molecular weight excluding hydrogens is 188 g/mol. The Bertz CT molecular complexity index is 611. The first kappa shape index (κ1) is 8.41. The van der Waals surface area contributed by atoms with Crippen LogP contribution in [0.5, 0.6) is 0 Å². The van der Waals surface area contributed by atoms with Gasteiger partial charge in [0.15, 0.2) is 0 Å². The lowest BCUT2D eigenvalue weighted by molar-refractivity contribution is 0.798. The van der Waals surface area contributed by atoms with E-state index in [1.165, 1.54) is 0 Å². The van der Waals surface area contributed by atoms with Crippen molar-refractivity contribution in [2.45, 2.75) is 12.8 Å². The first-order chi connectivity index (χ1) is 7.36. The average molecular weight is 198 g/mol. The highest BCUT2D eigenvalue weighted by atomic mass is 16.1. The zero-order valence-corrected chi connectivity index (χ0v) is 8.18. The van der Waals surface area contributed by atoms with Crippen molar-refractivity contribution in [2.75, 3.05) is 0 Å². The monoisotopic (exact) mass is 198 g/mol. The standard InChI is InChI=1S/C12H10N2O/c15-12-9-5-1-2-6-10(9)13-11-7-3-4-8-14(11)12/h1-2,4-6,8H,3,7H2. The van der Waals surface area contributed by atoms with Gasteiger partial charge in [-0.05, 0) is 18.6 Å². The number of fused-ring (bicyclic) bond motifs is 2. The minimum absolute atomic E-state index is 0.0338. The van der Waals surface area contributed by atoms with Gasteiger partial charge in [-0.1, -0.05) is 18.2 Å². The molecule has 0 radical (unpaired) electrons. The van der Waals surface area contributed by atoms with E-state index in [2.05, 4.69) is 4.98 Å². The van der Waals surface area contributed by atoms with Crippen molar-refractivity contribution in [1.29, 1.82) is 0 Å². The molecule has 0 N–H and O–H groups in total. The number of aromatic nitrogens is 2. The van der Waals surface area contributed by atoms with Gasteiger partial charge in [-0.15, -0.1) is 0 Å². The molecule has 1 aliphatic heterocycles. The van der Waals surface area contributed by atoms with Crippen LogP contribution in [0.15, 0.2) is 35.1 Å². The van der Waals surface area contributed by atoms with E-state index in [1.807, 2.05) is 36.5 Å². The van der Waals surface area contributed by atoms with Crippen LogP contribution in [0.4, 0.5) is 0 Å². The molecule has 0 spiro atoms. The third-order valence-electron chi connectivity index (χ3n) is 2.67. The average Bonchev–Trinajstić information content (AvgIpc) is 2.30. The number of nitrogens with zero attached hydrogens (tertiary/aromatic N) is 2. The largest absolute Gasteiger partial charge is 0.271 e. The number of hydrogen-bond donors (Lipinski definition) is 0. The maximum atomic E-state index is 12.0. The van der Waals surface area contributed by atoms with Gasteiger partial charge >= 0.3 is 0 Å². The molecule has 3 nitrogen and oxygen atoms in total. The van der Waals surface area contributed by atoms with Crippen molar-refractivity contribution in [3.63, 3.8) is 0 Å². The number of para-hydroxylation sites is 1. The van der Waals surface area contributed by atoms with Crippen molar-refractivity contribution < 1.29 is 0 Å². The summed E-state index contributed by atoms with van der Waals surface area (Å²) >= 11 is 0. The van der Waals surface area contributed by atoms with Crippen LogP contribution in [0.1, 0.15) is 12.2 Å². The van der Waals surface area contributed by atoms with Crippen LogP contribution < -0.4 is 5.56 Å². The van der Waals surface area contributed by atoms with Gasteiger partial charge in [0.1, 0.15) is 5.82 Å². The maximum Gasteiger partial charge on any atom is 0.265 e. The van der Waals surface area contributed by atoms with E-state index in [9.17, 15) is 4.79 Å². The molecule has 1 aromatic heterocycles. The molecule has 2 aromatic rings. The van der Waals surface area contributed by atoms with E-state index in [4.69, 9.17) is 0 Å². The van der Waals surface area contributed by atoms with E-state index >= 15 is 0 Å². The Morgan fingerprint density at radius 1 is 1.27 bits per heavy atom. The van der Waals surface area contributed by atoms with Crippen molar-refractivity contribution in [3.05, 3.63) is 46.5 Å². The van der Waals surface area contributed by atoms with Crippen LogP contribution in [0, 0.1) is 0 Å². The van der Waals surface area contributed by atoms with Crippen LogP contribution >= 0.6 is 0 Å². The summed E-state index contributed by atoms with van der Waals surface area (Å²) in [6.07, 6.45) is 5.63. The second-order valence-electron chi connectivity index (χ2n) is 3.64. The predicted octanol–water partition coefficient (Wildman–Crippen LogP) is 1.81. The van der Waals surface area contributed by atoms with E-state index < -0.39 is 0 Å². The molecule has 1 aliphatic rings. The quantitative estimate of drug-likeness (QED) is 0.647. The zero-order valence-electron chi connectivity index (χ0n) is 8.18. The number of benzene rings is 1. The fourth-order valence-electron chi connectivity index (χ4n) is 1.91. The molecule has 3 heteroatoms. The molecule has 1 aromatic carbocycles. The van der Waals surface area contributed by atoms with Crippen LogP contribution in [0.2, 0.25) is 0 Å². The van der Waals surface area contributed by atoms with Gasteiger partial charge in [-0.3, -0.25) is 9.36 Å². The van der Waals surface area contributed by atoms with E-state index in [0.29, 0.717) is 5.39 Å². The summed E-state index contributed by atoms with van der Waals surface area (Å²) in [6.45, 7) is 0. The highest BCUT2D eigenvalue weighted by Crippen LogP contribution is 2.12. The third-order valence-corrected chi connectivity index (χ3v) is 2.67. The van der Waals surface area contributed by atoms with Gasteiger partial charge in [-0.25, -0.2) is 4.98 Å². The fraction of sp³-hybridized carbons (Fsp3) is 0.167. The molecule has 0 saturated heterocycles. The van der Waals surface area contributed by atoms with Gasteiger partial charge in [0.2, 0.25) is 0 Å².